The molecule has 2 amide bonds. The molecular weight excluding hydrogens is 451 g/mol. The highest BCUT2D eigenvalue weighted by molar-refractivity contribution is 7.57. The van der Waals surface area contributed by atoms with Gasteiger partial charge in [-0.3, -0.25) is 4.57 Å². The van der Waals surface area contributed by atoms with Crippen molar-refractivity contribution in [3.05, 3.63) is 71.8 Å². The zero-order chi connectivity index (χ0) is 24.4. The molecule has 0 bridgehead atoms. The number of ether oxygens (including phenoxy) is 1. The van der Waals surface area contributed by atoms with Crippen molar-refractivity contribution in [2.24, 2.45) is 0 Å². The van der Waals surface area contributed by atoms with Gasteiger partial charge in [0.15, 0.2) is 0 Å². The fourth-order valence-electron chi connectivity index (χ4n) is 4.21. The summed E-state index contributed by atoms with van der Waals surface area (Å²) in [4.78, 5) is 39.3. The maximum Gasteiger partial charge on any atom is 0.329 e. The third-order valence-corrected chi connectivity index (χ3v) is 7.90. The number of nitrogens with zero attached hydrogens (tertiary/aromatic N) is 2. The maximum absolute atomic E-state index is 13.2. The molecular formula is C26H35N2O5P. The van der Waals surface area contributed by atoms with Gasteiger partial charge in [-0.25, -0.2) is 9.59 Å². The average Bonchev–Trinajstić information content (AvgIpc) is 3.35. The standard InChI is InChI=1S/C26H35N2O5P/c1-2-27(21-34(31,32)19-10-9-14-22-12-5-3-6-13-22)26(30)28-18-11-17-24(28)25(29)33-20-23-15-7-4-8-16-23/h3-8,12-13,15-16,24H,2,9-11,14,17-21H2,1H3,(H,31,32)/t24-/m0/s1. The molecule has 2 atom stereocenters. The van der Waals surface area contributed by atoms with E-state index in [1.807, 2.05) is 60.7 Å². The van der Waals surface area contributed by atoms with Crippen LogP contribution >= 0.6 is 7.37 Å². The quantitative estimate of drug-likeness (QED) is 0.278. The number of hydrogen-bond donors (Lipinski definition) is 1. The third kappa shape index (κ3) is 7.71. The van der Waals surface area contributed by atoms with Crippen molar-refractivity contribution in [3.8, 4) is 0 Å². The second-order valence-electron chi connectivity index (χ2n) is 8.74. The Morgan fingerprint density at radius 1 is 1.06 bits per heavy atom. The van der Waals surface area contributed by atoms with Gasteiger partial charge in [-0.2, -0.15) is 0 Å². The average molecular weight is 487 g/mol. The number of urea groups is 1. The topological polar surface area (TPSA) is 87.2 Å². The van der Waals surface area contributed by atoms with Gasteiger partial charge >= 0.3 is 12.0 Å². The van der Waals surface area contributed by atoms with E-state index in [0.717, 1.165) is 18.4 Å². The van der Waals surface area contributed by atoms with Crippen molar-refractivity contribution in [1.82, 2.24) is 9.80 Å². The Bertz CT molecular complexity index is 970. The molecule has 1 saturated heterocycles. The molecule has 8 heteroatoms. The lowest BCUT2D eigenvalue weighted by Gasteiger charge is -2.31. The van der Waals surface area contributed by atoms with Gasteiger partial charge in [-0.1, -0.05) is 60.7 Å². The van der Waals surface area contributed by atoms with Crippen molar-refractivity contribution in [3.63, 3.8) is 0 Å². The Kier molecular flexibility index (Phi) is 9.73. The van der Waals surface area contributed by atoms with Crippen LogP contribution in [0.2, 0.25) is 0 Å². The minimum atomic E-state index is -3.51. The van der Waals surface area contributed by atoms with E-state index in [-0.39, 0.29) is 25.1 Å². The molecule has 184 valence electrons. The number of carbonyl (C=O) groups is 2. The highest BCUT2D eigenvalue weighted by Crippen LogP contribution is 2.42. The number of carbonyl (C=O) groups excluding carboxylic acids is 2. The molecule has 1 unspecified atom stereocenters. The predicted octanol–water partition coefficient (Wildman–Crippen LogP) is 4.89. The van der Waals surface area contributed by atoms with E-state index in [1.165, 1.54) is 15.4 Å². The van der Waals surface area contributed by atoms with E-state index in [2.05, 4.69) is 0 Å². The van der Waals surface area contributed by atoms with Gasteiger partial charge in [0.25, 0.3) is 0 Å². The van der Waals surface area contributed by atoms with Gasteiger partial charge < -0.3 is 19.4 Å². The van der Waals surface area contributed by atoms with E-state index in [4.69, 9.17) is 4.74 Å². The van der Waals surface area contributed by atoms with Crippen LogP contribution in [-0.2, 0) is 27.1 Å². The molecule has 0 aromatic heterocycles. The molecule has 0 radical (unpaired) electrons. The molecule has 3 rings (SSSR count). The predicted molar refractivity (Wildman–Crippen MR) is 133 cm³/mol. The van der Waals surface area contributed by atoms with Gasteiger partial charge in [-0.15, -0.1) is 0 Å². The molecule has 0 saturated carbocycles. The van der Waals surface area contributed by atoms with Crippen LogP contribution in [0.1, 0.15) is 43.7 Å². The molecule has 1 aliphatic rings. The van der Waals surface area contributed by atoms with E-state index in [9.17, 15) is 19.0 Å². The molecule has 1 heterocycles. The number of unbranched alkanes of at least 4 members (excludes halogenated alkanes) is 1. The summed E-state index contributed by atoms with van der Waals surface area (Å²) in [5, 5.41) is 0. The first-order chi connectivity index (χ1) is 16.4. The Labute approximate surface area is 202 Å². The monoisotopic (exact) mass is 486 g/mol. The van der Waals surface area contributed by atoms with Crippen LogP contribution in [0.3, 0.4) is 0 Å². The van der Waals surface area contributed by atoms with Gasteiger partial charge in [0.1, 0.15) is 12.6 Å². The Morgan fingerprint density at radius 3 is 2.35 bits per heavy atom. The number of aryl methyl sites for hydroxylation is 1. The fourth-order valence-corrected chi connectivity index (χ4v) is 5.93. The van der Waals surface area contributed by atoms with Crippen molar-refractivity contribution < 1.29 is 23.8 Å². The fraction of sp³-hybridized carbons (Fsp3) is 0.462. The molecule has 2 aromatic rings. The highest BCUT2D eigenvalue weighted by Gasteiger charge is 2.38. The van der Waals surface area contributed by atoms with Crippen LogP contribution < -0.4 is 0 Å². The lowest BCUT2D eigenvalue weighted by Crippen LogP contribution is -2.48. The molecule has 1 fully saturated rings. The molecule has 1 N–H and O–H groups in total. The lowest BCUT2D eigenvalue weighted by molar-refractivity contribution is -0.149. The first kappa shape index (κ1) is 26.0. The molecule has 1 aliphatic heterocycles. The van der Waals surface area contributed by atoms with E-state index < -0.39 is 19.4 Å². The molecule has 0 spiro atoms. The van der Waals surface area contributed by atoms with E-state index in [1.54, 1.807) is 6.92 Å². The summed E-state index contributed by atoms with van der Waals surface area (Å²) in [5.41, 5.74) is 2.09. The Morgan fingerprint density at radius 2 is 1.71 bits per heavy atom. The van der Waals surface area contributed by atoms with Crippen molar-refractivity contribution in [2.45, 2.75) is 51.7 Å². The molecule has 34 heavy (non-hydrogen) atoms. The number of benzene rings is 2. The van der Waals surface area contributed by atoms with Gasteiger partial charge in [0, 0.05) is 19.3 Å². The van der Waals surface area contributed by atoms with Crippen LogP contribution in [0, 0.1) is 0 Å². The molecule has 2 aromatic carbocycles. The highest BCUT2D eigenvalue weighted by atomic mass is 31.2. The van der Waals surface area contributed by atoms with Crippen LogP contribution in [0.25, 0.3) is 0 Å². The SMILES string of the molecule is CCN(CP(=O)(O)CCCCc1ccccc1)C(=O)N1CCC[C@H]1C(=O)OCc1ccccc1. The largest absolute Gasteiger partial charge is 0.459 e. The maximum atomic E-state index is 13.2. The summed E-state index contributed by atoms with van der Waals surface area (Å²) >= 11 is 0. The summed E-state index contributed by atoms with van der Waals surface area (Å²) < 4.78 is 18.3. The number of likely N-dealkylation sites (tertiary alicyclic amines) is 1. The smallest absolute Gasteiger partial charge is 0.329 e. The van der Waals surface area contributed by atoms with E-state index in [0.29, 0.717) is 32.4 Å². The summed E-state index contributed by atoms with van der Waals surface area (Å²) in [7, 11) is -3.51. The molecule has 0 aliphatic carbocycles. The molecule has 7 nitrogen and oxygen atoms in total. The second-order valence-corrected chi connectivity index (χ2v) is 11.2. The Balaban J connectivity index is 1.50. The minimum absolute atomic E-state index is 0.157. The summed E-state index contributed by atoms with van der Waals surface area (Å²) in [6.07, 6.45) is 3.50. The van der Waals surface area contributed by atoms with Crippen LogP contribution in [-0.4, -0.2) is 58.3 Å². The van der Waals surface area contributed by atoms with Crippen LogP contribution in [0.15, 0.2) is 60.7 Å². The van der Waals surface area contributed by atoms with Crippen molar-refractivity contribution >= 4 is 19.4 Å². The van der Waals surface area contributed by atoms with Gasteiger partial charge in [-0.05, 0) is 50.2 Å². The number of amides is 2. The summed E-state index contributed by atoms with van der Waals surface area (Å²) in [6.45, 7) is 2.68. The number of hydrogen-bond acceptors (Lipinski definition) is 4. The first-order valence-corrected chi connectivity index (χ1v) is 14.0. The van der Waals surface area contributed by atoms with Crippen LogP contribution in [0.4, 0.5) is 4.79 Å². The first-order valence-electron chi connectivity index (χ1n) is 12.0. The van der Waals surface area contributed by atoms with Gasteiger partial charge in [0.2, 0.25) is 7.37 Å². The number of esters is 1. The third-order valence-electron chi connectivity index (χ3n) is 6.10. The van der Waals surface area contributed by atoms with Crippen molar-refractivity contribution in [1.29, 1.82) is 0 Å². The number of rotatable bonds is 11. The zero-order valence-corrected chi connectivity index (χ0v) is 20.7. The van der Waals surface area contributed by atoms with Crippen LogP contribution in [0.5, 0.6) is 0 Å². The van der Waals surface area contributed by atoms with Gasteiger partial charge in [0.05, 0.1) is 6.29 Å². The van der Waals surface area contributed by atoms with Crippen molar-refractivity contribution in [2.75, 3.05) is 25.5 Å². The lowest BCUT2D eigenvalue weighted by atomic mass is 10.1. The zero-order valence-electron chi connectivity index (χ0n) is 19.8. The normalized spacial score (nSPS) is 17.2. The summed E-state index contributed by atoms with van der Waals surface area (Å²) in [6, 6.07) is 18.4. The Hall–Kier alpha value is -2.63. The summed E-state index contributed by atoms with van der Waals surface area (Å²) in [5.74, 6) is -0.432. The minimum Gasteiger partial charge on any atom is -0.459 e. The second kappa shape index (κ2) is 12.7. The van der Waals surface area contributed by atoms with E-state index >= 15 is 0 Å².